The first-order chi connectivity index (χ1) is 15.6. The molecule has 0 saturated heterocycles. The Balaban J connectivity index is 1.82. The lowest BCUT2D eigenvalue weighted by Gasteiger charge is -2.16. The van der Waals surface area contributed by atoms with E-state index in [4.69, 9.17) is 18.9 Å². The van der Waals surface area contributed by atoms with E-state index in [0.717, 1.165) is 16.9 Å². The highest BCUT2D eigenvalue weighted by molar-refractivity contribution is 5.60. The van der Waals surface area contributed by atoms with E-state index >= 15 is 0 Å². The van der Waals surface area contributed by atoms with Gasteiger partial charge in [0.15, 0.2) is 0 Å². The van der Waals surface area contributed by atoms with Crippen molar-refractivity contribution in [1.82, 2.24) is 0 Å². The van der Waals surface area contributed by atoms with Crippen molar-refractivity contribution in [1.29, 1.82) is 0 Å². The molecule has 1 N–H and O–H groups in total. The first kappa shape index (κ1) is 23.2. The molecular formula is C27H30O5. The molecule has 1 atom stereocenters. The maximum atomic E-state index is 10.9. The van der Waals surface area contributed by atoms with E-state index < -0.39 is 6.10 Å². The second-order valence-corrected chi connectivity index (χ2v) is 7.05. The second-order valence-electron chi connectivity index (χ2n) is 7.05. The van der Waals surface area contributed by atoms with Crippen LogP contribution in [0.3, 0.4) is 0 Å². The predicted molar refractivity (Wildman–Crippen MR) is 127 cm³/mol. The maximum Gasteiger partial charge on any atom is 0.130 e. The first-order valence-electron chi connectivity index (χ1n) is 10.7. The fourth-order valence-corrected chi connectivity index (χ4v) is 3.23. The lowest BCUT2D eigenvalue weighted by molar-refractivity contribution is 0.217. The molecule has 1 unspecified atom stereocenters. The Morgan fingerprint density at radius 2 is 1.53 bits per heavy atom. The summed E-state index contributed by atoms with van der Waals surface area (Å²) in [6, 6.07) is 21.0. The van der Waals surface area contributed by atoms with Gasteiger partial charge in [-0.15, -0.1) is 0 Å². The maximum absolute atomic E-state index is 10.9. The van der Waals surface area contributed by atoms with Gasteiger partial charge in [0.2, 0.25) is 0 Å². The molecule has 5 nitrogen and oxygen atoms in total. The quantitative estimate of drug-likeness (QED) is 0.412. The summed E-state index contributed by atoms with van der Waals surface area (Å²) >= 11 is 0. The number of hydrogen-bond acceptors (Lipinski definition) is 5. The average molecular weight is 435 g/mol. The van der Waals surface area contributed by atoms with Crippen molar-refractivity contribution in [2.24, 2.45) is 0 Å². The highest BCUT2D eigenvalue weighted by atomic mass is 16.5. The van der Waals surface area contributed by atoms with Gasteiger partial charge in [-0.05, 0) is 43.7 Å². The highest BCUT2D eigenvalue weighted by Gasteiger charge is 2.13. The van der Waals surface area contributed by atoms with E-state index in [1.807, 2.05) is 80.6 Å². The molecule has 32 heavy (non-hydrogen) atoms. The van der Waals surface area contributed by atoms with Crippen molar-refractivity contribution < 1.29 is 24.1 Å². The smallest absolute Gasteiger partial charge is 0.130 e. The molecule has 0 amide bonds. The Kier molecular flexibility index (Phi) is 8.58. The van der Waals surface area contributed by atoms with Crippen LogP contribution in [0.25, 0.3) is 6.08 Å². The molecule has 0 bridgehead atoms. The van der Waals surface area contributed by atoms with Gasteiger partial charge in [-0.1, -0.05) is 42.5 Å². The SMILES string of the molecule is CCOc1ccc(C=CC(O)c2ccc(OC)cc2OCc2ccccc2)c(OCC)c1. The molecule has 0 aromatic heterocycles. The number of ether oxygens (including phenoxy) is 4. The van der Waals surface area contributed by atoms with Crippen molar-refractivity contribution in [3.63, 3.8) is 0 Å². The lowest BCUT2D eigenvalue weighted by Crippen LogP contribution is -2.02. The molecule has 0 aliphatic carbocycles. The molecular weight excluding hydrogens is 404 g/mol. The minimum absolute atomic E-state index is 0.394. The summed E-state index contributed by atoms with van der Waals surface area (Å²) in [5.74, 6) is 2.69. The van der Waals surface area contributed by atoms with Gasteiger partial charge in [-0.3, -0.25) is 0 Å². The molecule has 168 valence electrons. The molecule has 3 aromatic carbocycles. The summed E-state index contributed by atoms with van der Waals surface area (Å²) in [5, 5.41) is 10.9. The highest BCUT2D eigenvalue weighted by Crippen LogP contribution is 2.32. The fourth-order valence-electron chi connectivity index (χ4n) is 3.23. The summed E-state index contributed by atoms with van der Waals surface area (Å²) in [6.45, 7) is 5.39. The van der Waals surface area contributed by atoms with Crippen LogP contribution in [0.15, 0.2) is 72.8 Å². The average Bonchev–Trinajstić information content (AvgIpc) is 2.83. The molecule has 3 aromatic rings. The normalized spacial score (nSPS) is 11.9. The number of rotatable bonds is 11. The van der Waals surface area contributed by atoms with E-state index in [2.05, 4.69) is 0 Å². The second kappa shape index (κ2) is 11.8. The number of benzene rings is 3. The van der Waals surface area contributed by atoms with Crippen molar-refractivity contribution in [3.8, 4) is 23.0 Å². The van der Waals surface area contributed by atoms with Gasteiger partial charge in [0, 0.05) is 23.3 Å². The first-order valence-corrected chi connectivity index (χ1v) is 10.7. The van der Waals surface area contributed by atoms with E-state index in [0.29, 0.717) is 42.6 Å². The van der Waals surface area contributed by atoms with Crippen LogP contribution in [0.5, 0.6) is 23.0 Å². The van der Waals surface area contributed by atoms with Crippen molar-refractivity contribution in [2.75, 3.05) is 20.3 Å². The zero-order valence-corrected chi connectivity index (χ0v) is 18.8. The zero-order valence-electron chi connectivity index (χ0n) is 18.8. The Hall–Kier alpha value is -3.44. The fraction of sp³-hybridized carbons (Fsp3) is 0.259. The number of hydrogen-bond donors (Lipinski definition) is 1. The number of aliphatic hydroxyl groups excluding tert-OH is 1. The standard InChI is InChI=1S/C27H30O5/c1-4-30-23-13-11-21(26(18-23)31-5-2)12-16-25(28)24-15-14-22(29-3)17-27(24)32-19-20-9-7-6-8-10-20/h6-18,25,28H,4-5,19H2,1-3H3. The minimum Gasteiger partial charge on any atom is -0.497 e. The minimum atomic E-state index is -0.868. The van der Waals surface area contributed by atoms with Gasteiger partial charge >= 0.3 is 0 Å². The van der Waals surface area contributed by atoms with Gasteiger partial charge in [0.25, 0.3) is 0 Å². The van der Waals surface area contributed by atoms with Crippen LogP contribution >= 0.6 is 0 Å². The van der Waals surface area contributed by atoms with Crippen LogP contribution < -0.4 is 18.9 Å². The van der Waals surface area contributed by atoms with Crippen LogP contribution in [-0.4, -0.2) is 25.4 Å². The molecule has 5 heteroatoms. The molecule has 0 saturated carbocycles. The third-order valence-electron chi connectivity index (χ3n) is 4.83. The summed E-state index contributed by atoms with van der Waals surface area (Å²) < 4.78 is 22.7. The largest absolute Gasteiger partial charge is 0.497 e. The molecule has 0 aliphatic rings. The van der Waals surface area contributed by atoms with Crippen LogP contribution in [0.2, 0.25) is 0 Å². The van der Waals surface area contributed by atoms with Crippen LogP contribution in [0.4, 0.5) is 0 Å². The number of methoxy groups -OCH3 is 1. The van der Waals surface area contributed by atoms with E-state index in [1.54, 1.807) is 19.3 Å². The van der Waals surface area contributed by atoms with Crippen LogP contribution in [-0.2, 0) is 6.61 Å². The van der Waals surface area contributed by atoms with Crippen LogP contribution in [0.1, 0.15) is 36.6 Å². The Labute approximate surface area is 189 Å². The summed E-state index contributed by atoms with van der Waals surface area (Å²) in [6.07, 6.45) is 2.69. The molecule has 0 radical (unpaired) electrons. The van der Waals surface area contributed by atoms with Crippen molar-refractivity contribution >= 4 is 6.08 Å². The summed E-state index contributed by atoms with van der Waals surface area (Å²) in [7, 11) is 1.60. The summed E-state index contributed by atoms with van der Waals surface area (Å²) in [4.78, 5) is 0. The van der Waals surface area contributed by atoms with Gasteiger partial charge in [-0.25, -0.2) is 0 Å². The van der Waals surface area contributed by atoms with E-state index in [1.165, 1.54) is 0 Å². The van der Waals surface area contributed by atoms with Crippen molar-refractivity contribution in [3.05, 3.63) is 89.5 Å². The Morgan fingerprint density at radius 1 is 0.812 bits per heavy atom. The third-order valence-corrected chi connectivity index (χ3v) is 4.83. The summed E-state index contributed by atoms with van der Waals surface area (Å²) in [5.41, 5.74) is 2.55. The van der Waals surface area contributed by atoms with E-state index in [-0.39, 0.29) is 0 Å². The van der Waals surface area contributed by atoms with Gasteiger partial charge in [0.05, 0.1) is 20.3 Å². The molecule has 0 aliphatic heterocycles. The zero-order chi connectivity index (χ0) is 22.8. The Morgan fingerprint density at radius 3 is 2.25 bits per heavy atom. The molecule has 0 spiro atoms. The van der Waals surface area contributed by atoms with Crippen molar-refractivity contribution in [2.45, 2.75) is 26.6 Å². The predicted octanol–water partition coefficient (Wildman–Crippen LogP) is 5.82. The molecule has 3 rings (SSSR count). The van der Waals surface area contributed by atoms with Crippen LogP contribution in [0, 0.1) is 0 Å². The molecule has 0 heterocycles. The Bertz CT molecular complexity index is 1010. The lowest BCUT2D eigenvalue weighted by atomic mass is 10.1. The topological polar surface area (TPSA) is 57.2 Å². The molecule has 0 fully saturated rings. The van der Waals surface area contributed by atoms with Gasteiger partial charge < -0.3 is 24.1 Å². The number of aliphatic hydroxyl groups is 1. The monoisotopic (exact) mass is 434 g/mol. The van der Waals surface area contributed by atoms with Gasteiger partial charge in [-0.2, -0.15) is 0 Å². The van der Waals surface area contributed by atoms with E-state index in [9.17, 15) is 5.11 Å². The van der Waals surface area contributed by atoms with Gasteiger partial charge in [0.1, 0.15) is 35.7 Å². The third kappa shape index (κ3) is 6.28.